The highest BCUT2D eigenvalue weighted by molar-refractivity contribution is 6.33. The van der Waals surface area contributed by atoms with E-state index in [0.717, 1.165) is 12.8 Å². The van der Waals surface area contributed by atoms with Crippen LogP contribution >= 0.6 is 11.6 Å². The molecular weight excluding hydrogens is 329 g/mol. The van der Waals surface area contributed by atoms with Crippen molar-refractivity contribution in [2.24, 2.45) is 5.92 Å². The lowest BCUT2D eigenvalue weighted by Gasteiger charge is -2.15. The minimum absolute atomic E-state index is 0.0598. The van der Waals surface area contributed by atoms with Crippen LogP contribution in [0.3, 0.4) is 0 Å². The summed E-state index contributed by atoms with van der Waals surface area (Å²) < 4.78 is 14.5. The van der Waals surface area contributed by atoms with Crippen molar-refractivity contribution in [2.45, 2.75) is 46.6 Å². The normalized spacial score (nSPS) is 12.5. The van der Waals surface area contributed by atoms with Crippen LogP contribution in [0.2, 0.25) is 5.15 Å². The van der Waals surface area contributed by atoms with E-state index in [4.69, 9.17) is 11.6 Å². The van der Waals surface area contributed by atoms with Crippen molar-refractivity contribution in [3.8, 4) is 5.69 Å². The van der Waals surface area contributed by atoms with Crippen LogP contribution in [0.1, 0.15) is 49.7 Å². The van der Waals surface area contributed by atoms with Gasteiger partial charge in [0.1, 0.15) is 11.0 Å². The second-order valence-electron chi connectivity index (χ2n) is 6.49. The Morgan fingerprint density at radius 3 is 2.46 bits per heavy atom. The number of benzene rings is 1. The van der Waals surface area contributed by atoms with Gasteiger partial charge in [0.15, 0.2) is 0 Å². The van der Waals surface area contributed by atoms with E-state index in [2.05, 4.69) is 24.3 Å². The first kappa shape index (κ1) is 18.5. The van der Waals surface area contributed by atoms with Crippen molar-refractivity contribution in [3.63, 3.8) is 0 Å². The maximum atomic E-state index is 13.1. The molecule has 0 aliphatic heterocycles. The lowest BCUT2D eigenvalue weighted by atomic mass is 10.0. The third kappa shape index (κ3) is 4.35. The maximum Gasteiger partial charge on any atom is 0.256 e. The highest BCUT2D eigenvalue weighted by Crippen LogP contribution is 2.24. The molecular formula is C18H23ClFN3O. The number of carbonyl (C=O) groups is 1. The number of hydrogen-bond acceptors (Lipinski definition) is 2. The summed E-state index contributed by atoms with van der Waals surface area (Å²) in [6.07, 6.45) is 1.95. The number of aromatic nitrogens is 2. The zero-order valence-corrected chi connectivity index (χ0v) is 15.2. The predicted octanol–water partition coefficient (Wildman–Crippen LogP) is 4.53. The highest BCUT2D eigenvalue weighted by atomic mass is 35.5. The molecule has 0 aliphatic rings. The number of amides is 1. The second kappa shape index (κ2) is 7.79. The number of aryl methyl sites for hydroxylation is 1. The highest BCUT2D eigenvalue weighted by Gasteiger charge is 2.22. The Morgan fingerprint density at radius 1 is 1.25 bits per heavy atom. The van der Waals surface area contributed by atoms with E-state index in [1.54, 1.807) is 19.1 Å². The van der Waals surface area contributed by atoms with Crippen LogP contribution in [0.15, 0.2) is 24.3 Å². The number of rotatable bonds is 6. The first-order valence-corrected chi connectivity index (χ1v) is 8.49. The molecule has 0 saturated heterocycles. The summed E-state index contributed by atoms with van der Waals surface area (Å²) in [4.78, 5) is 12.5. The fourth-order valence-corrected chi connectivity index (χ4v) is 2.82. The van der Waals surface area contributed by atoms with Crippen LogP contribution in [0.25, 0.3) is 5.69 Å². The van der Waals surface area contributed by atoms with Crippen LogP contribution in [0.4, 0.5) is 4.39 Å². The third-order valence-electron chi connectivity index (χ3n) is 3.86. The molecule has 24 heavy (non-hydrogen) atoms. The Labute approximate surface area is 147 Å². The van der Waals surface area contributed by atoms with Gasteiger partial charge in [-0.2, -0.15) is 5.10 Å². The quantitative estimate of drug-likeness (QED) is 0.831. The molecule has 2 rings (SSSR count). The monoisotopic (exact) mass is 351 g/mol. The molecule has 2 aromatic rings. The summed E-state index contributed by atoms with van der Waals surface area (Å²) in [6.45, 7) is 8.03. The van der Waals surface area contributed by atoms with Gasteiger partial charge in [0.05, 0.1) is 16.9 Å². The average Bonchev–Trinajstić information content (AvgIpc) is 2.81. The van der Waals surface area contributed by atoms with Gasteiger partial charge in [-0.15, -0.1) is 0 Å². The lowest BCUT2D eigenvalue weighted by molar-refractivity contribution is 0.0936. The van der Waals surface area contributed by atoms with Crippen LogP contribution < -0.4 is 5.32 Å². The predicted molar refractivity (Wildman–Crippen MR) is 94.3 cm³/mol. The zero-order chi connectivity index (χ0) is 17.9. The van der Waals surface area contributed by atoms with Crippen molar-refractivity contribution in [2.75, 3.05) is 0 Å². The van der Waals surface area contributed by atoms with Crippen molar-refractivity contribution in [1.29, 1.82) is 0 Å². The van der Waals surface area contributed by atoms with Gasteiger partial charge in [-0.1, -0.05) is 25.4 Å². The Hall–Kier alpha value is -1.88. The molecule has 4 nitrogen and oxygen atoms in total. The largest absolute Gasteiger partial charge is 0.349 e. The van der Waals surface area contributed by atoms with Crippen molar-refractivity contribution in [3.05, 3.63) is 46.5 Å². The van der Waals surface area contributed by atoms with E-state index in [9.17, 15) is 9.18 Å². The molecule has 1 heterocycles. The number of halogens is 2. The van der Waals surface area contributed by atoms with E-state index in [-0.39, 0.29) is 22.9 Å². The number of hydrogen-bond donors (Lipinski definition) is 1. The molecule has 0 bridgehead atoms. The number of carbonyl (C=O) groups excluding carboxylic acids is 1. The van der Waals surface area contributed by atoms with Crippen LogP contribution in [0, 0.1) is 18.7 Å². The Bertz CT molecular complexity index is 710. The summed E-state index contributed by atoms with van der Waals surface area (Å²) in [7, 11) is 0. The molecule has 1 amide bonds. The summed E-state index contributed by atoms with van der Waals surface area (Å²) in [5, 5.41) is 7.51. The Balaban J connectivity index is 2.19. The molecule has 1 atom stereocenters. The van der Waals surface area contributed by atoms with Gasteiger partial charge in [-0.25, -0.2) is 9.07 Å². The van der Waals surface area contributed by atoms with E-state index in [1.807, 2.05) is 6.92 Å². The smallest absolute Gasteiger partial charge is 0.256 e. The molecule has 0 fully saturated rings. The summed E-state index contributed by atoms with van der Waals surface area (Å²) in [6, 6.07) is 5.86. The fourth-order valence-electron chi connectivity index (χ4n) is 2.46. The van der Waals surface area contributed by atoms with Crippen molar-refractivity contribution >= 4 is 17.5 Å². The molecule has 0 aliphatic carbocycles. The number of nitrogens with zero attached hydrogens (tertiary/aromatic N) is 2. The summed E-state index contributed by atoms with van der Waals surface area (Å²) in [5.41, 5.74) is 1.51. The fraction of sp³-hybridized carbons (Fsp3) is 0.444. The van der Waals surface area contributed by atoms with E-state index in [0.29, 0.717) is 22.9 Å². The first-order valence-electron chi connectivity index (χ1n) is 8.11. The minimum atomic E-state index is -0.337. The average molecular weight is 352 g/mol. The van der Waals surface area contributed by atoms with Gasteiger partial charge >= 0.3 is 0 Å². The van der Waals surface area contributed by atoms with Crippen molar-refractivity contribution in [1.82, 2.24) is 15.1 Å². The first-order chi connectivity index (χ1) is 11.3. The Kier molecular flexibility index (Phi) is 5.99. The van der Waals surface area contributed by atoms with Gasteiger partial charge < -0.3 is 5.32 Å². The molecule has 0 spiro atoms. The van der Waals surface area contributed by atoms with Gasteiger partial charge in [-0.3, -0.25) is 4.79 Å². The SMILES string of the molecule is Cc1nn(-c2ccc(F)cc2)c(Cl)c1C(=O)NC(C)CCC(C)C. The molecule has 1 unspecified atom stereocenters. The second-order valence-corrected chi connectivity index (χ2v) is 6.84. The molecule has 1 N–H and O–H groups in total. The molecule has 1 aromatic carbocycles. The summed E-state index contributed by atoms with van der Waals surface area (Å²) >= 11 is 6.36. The minimum Gasteiger partial charge on any atom is -0.349 e. The lowest BCUT2D eigenvalue weighted by Crippen LogP contribution is -2.33. The topological polar surface area (TPSA) is 46.9 Å². The third-order valence-corrected chi connectivity index (χ3v) is 4.21. The van der Waals surface area contributed by atoms with Crippen LogP contribution in [0.5, 0.6) is 0 Å². The summed E-state index contributed by atoms with van der Waals surface area (Å²) in [5.74, 6) is 0.0220. The number of nitrogens with one attached hydrogen (secondary N) is 1. The van der Waals surface area contributed by atoms with E-state index < -0.39 is 0 Å². The molecule has 0 radical (unpaired) electrons. The van der Waals surface area contributed by atoms with Crippen LogP contribution in [-0.2, 0) is 0 Å². The Morgan fingerprint density at radius 2 is 1.88 bits per heavy atom. The zero-order valence-electron chi connectivity index (χ0n) is 14.4. The molecule has 6 heteroatoms. The maximum absolute atomic E-state index is 13.1. The molecule has 0 saturated carbocycles. The van der Waals surface area contributed by atoms with E-state index in [1.165, 1.54) is 16.8 Å². The molecule has 1 aromatic heterocycles. The van der Waals surface area contributed by atoms with Gasteiger partial charge in [-0.05, 0) is 56.9 Å². The van der Waals surface area contributed by atoms with E-state index >= 15 is 0 Å². The molecule has 130 valence electrons. The van der Waals surface area contributed by atoms with Gasteiger partial charge in [0, 0.05) is 6.04 Å². The van der Waals surface area contributed by atoms with Crippen LogP contribution in [-0.4, -0.2) is 21.7 Å². The van der Waals surface area contributed by atoms with Crippen molar-refractivity contribution < 1.29 is 9.18 Å². The van der Waals surface area contributed by atoms with Gasteiger partial charge in [0.2, 0.25) is 0 Å². The van der Waals surface area contributed by atoms with Gasteiger partial charge in [0.25, 0.3) is 5.91 Å². The standard InChI is InChI=1S/C18H23ClFN3O/c1-11(2)5-6-12(3)21-18(24)16-13(4)22-23(17(16)19)15-9-7-14(20)8-10-15/h7-12H,5-6H2,1-4H3,(H,21,24).